The molecule has 0 atom stereocenters. The third-order valence-electron chi connectivity index (χ3n) is 1.72. The van der Waals surface area contributed by atoms with Crippen LogP contribution in [0.2, 0.25) is 10.6 Å². The van der Waals surface area contributed by atoms with Gasteiger partial charge in [0.25, 0.3) is 0 Å². The molecule has 0 radical (unpaired) electrons. The Labute approximate surface area is 72.2 Å². The van der Waals surface area contributed by atoms with Crippen molar-refractivity contribution in [2.24, 2.45) is 4.16 Å². The summed E-state index contributed by atoms with van der Waals surface area (Å²) in [5.74, 6) is 0. The van der Waals surface area contributed by atoms with Crippen LogP contribution in [0.3, 0.4) is 0 Å². The maximum absolute atomic E-state index is 9.97. The van der Waals surface area contributed by atoms with E-state index in [9.17, 15) is 4.91 Å². The molecule has 1 saturated heterocycles. The first-order chi connectivity index (χ1) is 3.93. The molecule has 9 heavy (non-hydrogen) atoms. The van der Waals surface area contributed by atoms with Crippen molar-refractivity contribution >= 4 is 33.2 Å². The summed E-state index contributed by atoms with van der Waals surface area (Å²) in [4.78, 5) is 9.97. The van der Waals surface area contributed by atoms with Gasteiger partial charge in [-0.2, -0.15) is 4.91 Å². The number of nitrogens with zero attached hydrogens (tertiary/aromatic N) is 1. The van der Waals surface area contributed by atoms with E-state index in [0.29, 0.717) is 0 Å². The molecule has 1 aliphatic rings. The van der Waals surface area contributed by atoms with Crippen LogP contribution in [-0.4, -0.2) is 33.2 Å². The van der Waals surface area contributed by atoms with E-state index in [1.54, 1.807) is 0 Å². The number of hydrogen-bond donors (Lipinski definition) is 0. The average Bonchev–Trinajstić information content (AvgIpc) is 1.90. The minimum atomic E-state index is -1.04. The van der Waals surface area contributed by atoms with Crippen LogP contribution in [0.4, 0.5) is 0 Å². The van der Waals surface area contributed by atoms with E-state index >= 15 is 0 Å². The summed E-state index contributed by atoms with van der Waals surface area (Å²) in [5, 5.41) is 2.34. The Morgan fingerprint density at radius 2 is 1.67 bits per heavy atom. The monoisotopic (exact) mass is 135 g/mol. The molecule has 0 bridgehead atoms. The van der Waals surface area contributed by atoms with Crippen molar-refractivity contribution in [3.63, 3.8) is 0 Å². The molecule has 0 aromatic heterocycles. The Morgan fingerprint density at radius 3 is 2.00 bits per heavy atom. The van der Waals surface area contributed by atoms with Gasteiger partial charge in [0.15, 0.2) is 0 Å². The van der Waals surface area contributed by atoms with Crippen molar-refractivity contribution in [2.45, 2.75) is 29.8 Å². The van der Waals surface area contributed by atoms with Crippen LogP contribution >= 0.6 is 0 Å². The van der Waals surface area contributed by atoms with Crippen molar-refractivity contribution in [1.82, 2.24) is 0 Å². The second-order valence-electron chi connectivity index (χ2n) is 2.40. The molecule has 0 saturated carbocycles. The summed E-state index contributed by atoms with van der Waals surface area (Å²) >= 11 is -1.04. The Morgan fingerprint density at radius 1 is 1.11 bits per heavy atom. The predicted molar refractivity (Wildman–Crippen MR) is 42.2 cm³/mol. The zero-order chi connectivity index (χ0) is 5.82. The van der Waals surface area contributed by atoms with Crippen molar-refractivity contribution in [1.29, 1.82) is 0 Å². The predicted octanol–water partition coefficient (Wildman–Crippen LogP) is 1.28. The molecule has 46 valence electrons. The molecular weight excluding hydrogens is 124 g/mol. The summed E-state index contributed by atoms with van der Waals surface area (Å²) < 4.78 is 3.14. The average molecular weight is 135 g/mol. The Balaban J connectivity index is 0.000000640. The summed E-state index contributed by atoms with van der Waals surface area (Å²) in [5.41, 5.74) is 0. The first kappa shape index (κ1) is 9.73. The fourth-order valence-corrected chi connectivity index (χ4v) is 3.21. The summed E-state index contributed by atoms with van der Waals surface area (Å²) in [6.45, 7) is 0. The molecule has 0 amide bonds. The second kappa shape index (κ2) is 5.51. The first-order valence-electron chi connectivity index (χ1n) is 3.26. The summed E-state index contributed by atoms with van der Waals surface area (Å²) in [6, 6.07) is 0. The molecule has 4 heteroatoms. The van der Waals surface area contributed by atoms with Gasteiger partial charge < -0.3 is 0 Å². The number of hydrogen-bond acceptors (Lipinski definition) is 2. The third-order valence-corrected chi connectivity index (χ3v) is 4.17. The molecule has 0 aromatic carbocycles. The van der Waals surface area contributed by atoms with E-state index in [2.05, 4.69) is 4.16 Å². The standard InChI is InChI=1S/C5H10.Al.Li.NO.H/c1-3-5-4-2;;;1-2;/h1-5H2;;;;/q;+1;;-1;. The molecule has 1 rings (SSSR count). The van der Waals surface area contributed by atoms with E-state index in [-0.39, 0.29) is 18.9 Å². The summed E-state index contributed by atoms with van der Waals surface area (Å²) in [7, 11) is 0. The van der Waals surface area contributed by atoms with Gasteiger partial charge in [0, 0.05) is 0 Å². The molecular formula is C5H11AlLiNO. The van der Waals surface area contributed by atoms with Gasteiger partial charge in [-0.15, -0.1) is 0 Å². The number of rotatable bonds is 1. The molecule has 1 aliphatic heterocycles. The first-order valence-corrected chi connectivity index (χ1v) is 5.41. The Bertz CT molecular complexity index is 85.0. The SMILES string of the molecule is O=[N][Al]1[CH2]CCC[CH2]1.[LiH]. The Kier molecular flexibility index (Phi) is 5.96. The van der Waals surface area contributed by atoms with E-state index < -0.39 is 14.4 Å². The molecule has 0 spiro atoms. The van der Waals surface area contributed by atoms with Gasteiger partial charge >= 0.3 is 33.2 Å². The van der Waals surface area contributed by atoms with Gasteiger partial charge in [-0.1, -0.05) is 29.8 Å². The fourth-order valence-electron chi connectivity index (χ4n) is 1.19. The van der Waals surface area contributed by atoms with Crippen LogP contribution in [0.25, 0.3) is 0 Å². The molecule has 2 nitrogen and oxygen atoms in total. The summed E-state index contributed by atoms with van der Waals surface area (Å²) in [6.07, 6.45) is 3.87. The molecule has 0 N–H and O–H groups in total. The quantitative estimate of drug-likeness (QED) is 0.393. The third kappa shape index (κ3) is 3.43. The second-order valence-corrected chi connectivity index (χ2v) is 5.07. The molecule has 1 fully saturated rings. The number of nitroso groups, excluding NO2 is 1. The normalized spacial score (nSPS) is 18.4. The zero-order valence-electron chi connectivity index (χ0n) is 4.97. The van der Waals surface area contributed by atoms with E-state index in [1.807, 2.05) is 0 Å². The molecule has 1 heterocycles. The van der Waals surface area contributed by atoms with Gasteiger partial charge in [-0.25, -0.2) is 4.16 Å². The zero-order valence-corrected chi connectivity index (χ0v) is 6.12. The van der Waals surface area contributed by atoms with Crippen LogP contribution < -0.4 is 0 Å². The van der Waals surface area contributed by atoms with Crippen LogP contribution in [0.15, 0.2) is 4.16 Å². The van der Waals surface area contributed by atoms with Gasteiger partial charge in [-0.3, -0.25) is 0 Å². The van der Waals surface area contributed by atoms with Gasteiger partial charge in [0.05, 0.1) is 0 Å². The van der Waals surface area contributed by atoms with E-state index in [1.165, 1.54) is 29.8 Å². The van der Waals surface area contributed by atoms with Crippen molar-refractivity contribution in [3.05, 3.63) is 4.91 Å². The van der Waals surface area contributed by atoms with Crippen LogP contribution in [0, 0.1) is 4.91 Å². The molecule has 0 aliphatic carbocycles. The van der Waals surface area contributed by atoms with Crippen LogP contribution in [-0.2, 0) is 0 Å². The van der Waals surface area contributed by atoms with Crippen LogP contribution in [0.5, 0.6) is 0 Å². The van der Waals surface area contributed by atoms with Gasteiger partial charge in [0.1, 0.15) is 0 Å². The van der Waals surface area contributed by atoms with Gasteiger partial charge in [0.2, 0.25) is 0 Å². The molecule has 0 aromatic rings. The van der Waals surface area contributed by atoms with Crippen molar-refractivity contribution in [2.75, 3.05) is 0 Å². The van der Waals surface area contributed by atoms with E-state index in [4.69, 9.17) is 0 Å². The maximum atomic E-state index is 9.97. The minimum absolute atomic E-state index is 0. The Hall–Kier alpha value is 0.730. The fraction of sp³-hybridized carbons (Fsp3) is 1.00. The van der Waals surface area contributed by atoms with Crippen LogP contribution in [0.1, 0.15) is 19.3 Å². The topological polar surface area (TPSA) is 29.4 Å². The van der Waals surface area contributed by atoms with E-state index in [0.717, 1.165) is 0 Å². The van der Waals surface area contributed by atoms with Gasteiger partial charge in [-0.05, 0) is 0 Å². The molecule has 0 unspecified atom stereocenters. The van der Waals surface area contributed by atoms with Crippen molar-refractivity contribution in [3.8, 4) is 0 Å². The van der Waals surface area contributed by atoms with Crippen molar-refractivity contribution < 1.29 is 0 Å².